The van der Waals surface area contributed by atoms with Gasteiger partial charge in [-0.25, -0.2) is 4.99 Å². The molecule has 0 saturated carbocycles. The van der Waals surface area contributed by atoms with Crippen molar-refractivity contribution in [1.29, 1.82) is 0 Å². The molecule has 1 heterocycles. The summed E-state index contributed by atoms with van der Waals surface area (Å²) in [5.41, 5.74) is 3.41. The van der Waals surface area contributed by atoms with E-state index < -0.39 is 5.25 Å². The Labute approximate surface area is 219 Å². The quantitative estimate of drug-likeness (QED) is 0.365. The molecule has 0 spiro atoms. The minimum absolute atomic E-state index is 0.0983. The van der Waals surface area contributed by atoms with Crippen molar-refractivity contribution in [3.8, 4) is 0 Å². The lowest BCUT2D eigenvalue weighted by Crippen LogP contribution is -2.45. The molecule has 1 fully saturated rings. The topological polar surface area (TPSA) is 61.8 Å². The fourth-order valence-electron chi connectivity index (χ4n) is 3.67. The number of amidine groups is 1. The van der Waals surface area contributed by atoms with Crippen LogP contribution in [0.3, 0.4) is 0 Å². The third-order valence-corrected chi connectivity index (χ3v) is 7.46. The van der Waals surface area contributed by atoms with Crippen LogP contribution in [0.15, 0.2) is 77.8 Å². The Morgan fingerprint density at radius 1 is 1.09 bits per heavy atom. The molecule has 1 saturated heterocycles. The van der Waals surface area contributed by atoms with Crippen LogP contribution in [-0.4, -0.2) is 33.7 Å². The number of rotatable bonds is 7. The molecule has 0 radical (unpaired) electrons. The summed E-state index contributed by atoms with van der Waals surface area (Å²) in [6.45, 7) is 2.42. The number of amides is 2. The second-order valence-corrected chi connectivity index (χ2v) is 10.3. The minimum Gasteiger partial charge on any atom is -0.325 e. The summed E-state index contributed by atoms with van der Waals surface area (Å²) in [5.74, 6) is -0.373. The lowest BCUT2D eigenvalue weighted by molar-refractivity contribution is -0.129. The highest BCUT2D eigenvalue weighted by atomic mass is 35.5. The van der Waals surface area contributed by atoms with Crippen LogP contribution in [-0.2, 0) is 16.0 Å². The van der Waals surface area contributed by atoms with Gasteiger partial charge in [0.2, 0.25) is 11.8 Å². The van der Waals surface area contributed by atoms with E-state index in [1.165, 1.54) is 17.3 Å². The van der Waals surface area contributed by atoms with Gasteiger partial charge in [-0.15, -0.1) is 0 Å². The Hall–Kier alpha value is -2.80. The third kappa shape index (κ3) is 6.88. The SMILES string of the molecule is Cc1ccc(NC(=O)C2CC(=O)N(CCCc3ccccc3)C(=Nc3ccc(Cl)cc3)S2)cc1Cl. The number of anilines is 1. The molecule has 1 unspecified atom stereocenters. The first kappa shape index (κ1) is 25.3. The first-order valence-electron chi connectivity index (χ1n) is 11.3. The van der Waals surface area contributed by atoms with Crippen LogP contribution in [0.25, 0.3) is 0 Å². The predicted octanol–water partition coefficient (Wildman–Crippen LogP) is 6.89. The summed E-state index contributed by atoms with van der Waals surface area (Å²) in [6.07, 6.45) is 1.73. The zero-order valence-corrected chi connectivity index (χ0v) is 21.5. The van der Waals surface area contributed by atoms with Crippen molar-refractivity contribution in [3.05, 3.63) is 94.0 Å². The van der Waals surface area contributed by atoms with Crippen LogP contribution in [0.2, 0.25) is 10.0 Å². The summed E-state index contributed by atoms with van der Waals surface area (Å²) >= 11 is 13.5. The maximum atomic E-state index is 13.2. The molecule has 35 heavy (non-hydrogen) atoms. The van der Waals surface area contributed by atoms with Gasteiger partial charge in [-0.2, -0.15) is 0 Å². The molecule has 8 heteroatoms. The Morgan fingerprint density at radius 3 is 2.54 bits per heavy atom. The van der Waals surface area contributed by atoms with Gasteiger partial charge in [0.15, 0.2) is 5.17 Å². The standard InChI is InChI=1S/C27H25Cl2N3O2S/c1-18-9-12-22(16-23(18)29)30-26(34)24-17-25(33)32(15-5-8-19-6-3-2-4-7-19)27(35-24)31-21-13-10-20(28)11-14-21/h2-4,6-7,9-14,16,24H,5,8,15,17H2,1H3,(H,30,34). The average molecular weight is 526 g/mol. The number of benzene rings is 3. The largest absolute Gasteiger partial charge is 0.325 e. The Morgan fingerprint density at radius 2 is 1.83 bits per heavy atom. The lowest BCUT2D eigenvalue weighted by Gasteiger charge is -2.32. The lowest BCUT2D eigenvalue weighted by atomic mass is 10.1. The Kier molecular flexibility index (Phi) is 8.50. The van der Waals surface area contributed by atoms with Gasteiger partial charge in [-0.3, -0.25) is 14.5 Å². The zero-order valence-electron chi connectivity index (χ0n) is 19.2. The maximum absolute atomic E-state index is 13.2. The normalized spacial score (nSPS) is 17.0. The van der Waals surface area contributed by atoms with E-state index in [9.17, 15) is 9.59 Å². The van der Waals surface area contributed by atoms with Crippen molar-refractivity contribution in [2.24, 2.45) is 4.99 Å². The summed E-state index contributed by atoms with van der Waals surface area (Å²) in [4.78, 5) is 32.6. The van der Waals surface area contributed by atoms with Crippen LogP contribution < -0.4 is 5.32 Å². The molecule has 3 aromatic carbocycles. The van der Waals surface area contributed by atoms with E-state index in [-0.39, 0.29) is 18.2 Å². The van der Waals surface area contributed by atoms with Crippen molar-refractivity contribution < 1.29 is 9.59 Å². The summed E-state index contributed by atoms with van der Waals surface area (Å²) in [6, 6.07) is 22.6. The number of nitrogens with one attached hydrogen (secondary N) is 1. The van der Waals surface area contributed by atoms with Gasteiger partial charge in [-0.05, 0) is 67.3 Å². The van der Waals surface area contributed by atoms with Crippen LogP contribution in [0, 0.1) is 6.92 Å². The monoisotopic (exact) mass is 525 g/mol. The molecule has 180 valence electrons. The molecule has 4 rings (SSSR count). The second-order valence-electron chi connectivity index (χ2n) is 8.27. The molecule has 1 aliphatic heterocycles. The highest BCUT2D eigenvalue weighted by Crippen LogP contribution is 2.31. The fraction of sp³-hybridized carbons (Fsp3) is 0.222. The first-order chi connectivity index (χ1) is 16.9. The highest BCUT2D eigenvalue weighted by molar-refractivity contribution is 8.15. The molecule has 1 N–H and O–H groups in total. The van der Waals surface area contributed by atoms with Crippen molar-refractivity contribution >= 4 is 63.3 Å². The van der Waals surface area contributed by atoms with E-state index in [1.54, 1.807) is 41.3 Å². The van der Waals surface area contributed by atoms with Gasteiger partial charge >= 0.3 is 0 Å². The molecule has 0 bridgehead atoms. The molecular weight excluding hydrogens is 501 g/mol. The molecule has 1 atom stereocenters. The van der Waals surface area contributed by atoms with E-state index in [0.717, 1.165) is 18.4 Å². The van der Waals surface area contributed by atoms with Crippen molar-refractivity contribution in [2.75, 3.05) is 11.9 Å². The van der Waals surface area contributed by atoms with Crippen molar-refractivity contribution in [3.63, 3.8) is 0 Å². The molecule has 0 aliphatic carbocycles. The molecule has 2 amide bonds. The van der Waals surface area contributed by atoms with Gasteiger partial charge in [0.1, 0.15) is 5.25 Å². The predicted molar refractivity (Wildman–Crippen MR) is 146 cm³/mol. The Balaban J connectivity index is 1.51. The minimum atomic E-state index is -0.598. The van der Waals surface area contributed by atoms with Gasteiger partial charge in [0, 0.05) is 28.7 Å². The molecule has 3 aromatic rings. The zero-order chi connectivity index (χ0) is 24.8. The van der Waals surface area contributed by atoms with Gasteiger partial charge < -0.3 is 5.32 Å². The second kappa shape index (κ2) is 11.8. The van der Waals surface area contributed by atoms with Crippen molar-refractivity contribution in [2.45, 2.75) is 31.4 Å². The average Bonchev–Trinajstić information content (AvgIpc) is 2.85. The number of nitrogens with zero attached hydrogens (tertiary/aromatic N) is 2. The van der Waals surface area contributed by atoms with Crippen LogP contribution in [0.1, 0.15) is 24.0 Å². The number of hydrogen-bond donors (Lipinski definition) is 1. The van der Waals surface area contributed by atoms with E-state index in [1.807, 2.05) is 31.2 Å². The molecule has 5 nitrogen and oxygen atoms in total. The molecule has 1 aliphatic rings. The highest BCUT2D eigenvalue weighted by Gasteiger charge is 2.35. The first-order valence-corrected chi connectivity index (χ1v) is 12.9. The number of hydrogen-bond acceptors (Lipinski definition) is 4. The van der Waals surface area contributed by atoms with Crippen LogP contribution >= 0.6 is 35.0 Å². The van der Waals surface area contributed by atoms with Crippen molar-refractivity contribution in [1.82, 2.24) is 4.90 Å². The molecular formula is C27H25Cl2N3O2S. The number of carbonyl (C=O) groups is 2. The number of halogens is 2. The van der Waals surface area contributed by atoms with E-state index in [4.69, 9.17) is 28.2 Å². The van der Waals surface area contributed by atoms with E-state index in [2.05, 4.69) is 17.4 Å². The van der Waals surface area contributed by atoms with Gasteiger partial charge in [0.05, 0.1) is 5.69 Å². The van der Waals surface area contributed by atoms with Crippen LogP contribution in [0.4, 0.5) is 11.4 Å². The summed E-state index contributed by atoms with van der Waals surface area (Å²) < 4.78 is 0. The van der Waals surface area contributed by atoms with Crippen LogP contribution in [0.5, 0.6) is 0 Å². The summed E-state index contributed by atoms with van der Waals surface area (Å²) in [5, 5.41) is 3.98. The maximum Gasteiger partial charge on any atom is 0.238 e. The van der Waals surface area contributed by atoms with E-state index >= 15 is 0 Å². The van der Waals surface area contributed by atoms with Gasteiger partial charge in [-0.1, -0.05) is 71.4 Å². The third-order valence-electron chi connectivity index (χ3n) is 5.61. The molecule has 0 aromatic heterocycles. The smallest absolute Gasteiger partial charge is 0.238 e. The number of carbonyl (C=O) groups excluding carboxylic acids is 2. The van der Waals surface area contributed by atoms with Gasteiger partial charge in [0.25, 0.3) is 0 Å². The Bertz CT molecular complexity index is 1230. The number of aryl methyl sites for hydroxylation is 2. The fourth-order valence-corrected chi connectivity index (χ4v) is 5.10. The summed E-state index contributed by atoms with van der Waals surface area (Å²) in [7, 11) is 0. The number of aliphatic imine (C=N–C) groups is 1. The number of thioether (sulfide) groups is 1. The van der Waals surface area contributed by atoms with E-state index in [0.29, 0.717) is 33.1 Å².